The van der Waals surface area contributed by atoms with Gasteiger partial charge in [0, 0.05) is 10.2 Å². The number of rotatable bonds is 5. The lowest BCUT2D eigenvalue weighted by atomic mass is 9.90. The molecule has 0 saturated heterocycles. The van der Waals surface area contributed by atoms with Crippen LogP contribution in [-0.2, 0) is 4.79 Å². The Labute approximate surface area is 174 Å². The Morgan fingerprint density at radius 3 is 2.18 bits per heavy atom. The highest BCUT2D eigenvalue weighted by atomic mass is 79.9. The van der Waals surface area contributed by atoms with E-state index in [-0.39, 0.29) is 5.91 Å². The van der Waals surface area contributed by atoms with Gasteiger partial charge in [0.25, 0.3) is 0 Å². The molecule has 4 N–H and O–H groups in total. The highest BCUT2D eigenvalue weighted by Gasteiger charge is 2.23. The van der Waals surface area contributed by atoms with Crippen molar-refractivity contribution in [3.8, 4) is 0 Å². The summed E-state index contributed by atoms with van der Waals surface area (Å²) < 4.78 is 1.72. The normalized spacial score (nSPS) is 11.0. The molecular weight excluding hydrogens is 436 g/mol. The number of nitrogens with two attached hydrogens (primary N) is 1. The molecule has 3 aromatic carbocycles. The third-order valence-electron chi connectivity index (χ3n) is 4.37. The van der Waals surface area contributed by atoms with E-state index in [0.29, 0.717) is 10.8 Å². The van der Waals surface area contributed by atoms with Crippen LogP contribution < -0.4 is 16.6 Å². The molecule has 0 atom stereocenters. The van der Waals surface area contributed by atoms with Gasteiger partial charge in [0.15, 0.2) is 5.13 Å². The van der Waals surface area contributed by atoms with Gasteiger partial charge in [-0.15, -0.1) is 0 Å². The van der Waals surface area contributed by atoms with Crippen LogP contribution in [0.2, 0.25) is 0 Å². The monoisotopic (exact) mass is 452 g/mol. The first kappa shape index (κ1) is 18.6. The van der Waals surface area contributed by atoms with Crippen LogP contribution in [0, 0.1) is 0 Å². The SMILES string of the molecule is NNc1nc2c(Br)cc(NC(=O)C(c3ccccc3)c3ccccc3)cc2s1. The van der Waals surface area contributed by atoms with E-state index in [4.69, 9.17) is 5.84 Å². The van der Waals surface area contributed by atoms with Gasteiger partial charge in [-0.25, -0.2) is 10.8 Å². The number of nitrogens with one attached hydrogen (secondary N) is 2. The molecule has 4 aromatic rings. The molecule has 0 saturated carbocycles. The number of hydrazine groups is 1. The van der Waals surface area contributed by atoms with Crippen molar-refractivity contribution in [2.75, 3.05) is 10.7 Å². The summed E-state index contributed by atoms with van der Waals surface area (Å²) in [4.78, 5) is 17.7. The van der Waals surface area contributed by atoms with Crippen molar-refractivity contribution in [1.82, 2.24) is 4.98 Å². The first-order valence-corrected chi connectivity index (χ1v) is 10.2. The standard InChI is InChI=1S/C21H17BrN4OS/c22-16-11-15(12-17-19(16)25-21(26-23)28-17)24-20(27)18(13-7-3-1-4-8-13)14-9-5-2-6-10-14/h1-12,18H,23H2,(H,24,27)(H,25,26). The summed E-state index contributed by atoms with van der Waals surface area (Å²) in [5, 5.41) is 3.67. The Balaban J connectivity index is 1.69. The maximum atomic E-state index is 13.3. The van der Waals surface area contributed by atoms with Gasteiger partial charge in [-0.1, -0.05) is 72.0 Å². The number of aromatic nitrogens is 1. The molecule has 1 amide bonds. The van der Waals surface area contributed by atoms with Crippen LogP contribution in [0.15, 0.2) is 77.3 Å². The summed E-state index contributed by atoms with van der Waals surface area (Å²) in [6.45, 7) is 0. The molecule has 5 nitrogen and oxygen atoms in total. The van der Waals surface area contributed by atoms with Crippen LogP contribution >= 0.6 is 27.3 Å². The molecule has 7 heteroatoms. The Bertz CT molecular complexity index is 1080. The topological polar surface area (TPSA) is 80.0 Å². The summed E-state index contributed by atoms with van der Waals surface area (Å²) in [6, 6.07) is 23.3. The van der Waals surface area contributed by atoms with E-state index in [1.54, 1.807) is 0 Å². The smallest absolute Gasteiger partial charge is 0.236 e. The van der Waals surface area contributed by atoms with Crippen molar-refractivity contribution < 1.29 is 4.79 Å². The quantitative estimate of drug-likeness (QED) is 0.290. The van der Waals surface area contributed by atoms with E-state index in [2.05, 4.69) is 31.7 Å². The second-order valence-corrected chi connectivity index (χ2v) is 8.10. The van der Waals surface area contributed by atoms with Crippen LogP contribution in [0.4, 0.5) is 10.8 Å². The summed E-state index contributed by atoms with van der Waals surface area (Å²) in [7, 11) is 0. The number of anilines is 2. The number of hydrogen-bond acceptors (Lipinski definition) is 5. The average Bonchev–Trinajstić information content (AvgIpc) is 3.14. The molecule has 0 radical (unpaired) electrons. The van der Waals surface area contributed by atoms with Crippen molar-refractivity contribution in [3.05, 3.63) is 88.4 Å². The molecule has 140 valence electrons. The van der Waals surface area contributed by atoms with Crippen molar-refractivity contribution >= 4 is 54.2 Å². The van der Waals surface area contributed by atoms with E-state index in [1.165, 1.54) is 11.3 Å². The number of carbonyl (C=O) groups excluding carboxylic acids is 1. The number of thiazole rings is 1. The van der Waals surface area contributed by atoms with E-state index in [1.807, 2.05) is 72.8 Å². The Morgan fingerprint density at radius 1 is 1.00 bits per heavy atom. The molecule has 1 heterocycles. The molecule has 0 bridgehead atoms. The van der Waals surface area contributed by atoms with Crippen molar-refractivity contribution in [2.24, 2.45) is 5.84 Å². The van der Waals surface area contributed by atoms with E-state index < -0.39 is 5.92 Å². The predicted octanol–water partition coefficient (Wildman–Crippen LogP) is 5.12. The fraction of sp³-hybridized carbons (Fsp3) is 0.0476. The van der Waals surface area contributed by atoms with Crippen molar-refractivity contribution in [3.63, 3.8) is 0 Å². The average molecular weight is 453 g/mol. The van der Waals surface area contributed by atoms with Gasteiger partial charge in [-0.3, -0.25) is 10.2 Å². The molecule has 0 unspecified atom stereocenters. The fourth-order valence-electron chi connectivity index (χ4n) is 3.12. The number of nitrogens with zero attached hydrogens (tertiary/aromatic N) is 1. The molecule has 0 aliphatic rings. The first-order valence-electron chi connectivity index (χ1n) is 8.63. The van der Waals surface area contributed by atoms with Gasteiger partial charge in [0.05, 0.1) is 16.1 Å². The van der Waals surface area contributed by atoms with Crippen LogP contribution in [0.5, 0.6) is 0 Å². The largest absolute Gasteiger partial charge is 0.325 e. The minimum absolute atomic E-state index is 0.0923. The molecule has 1 aromatic heterocycles. The van der Waals surface area contributed by atoms with Gasteiger partial charge >= 0.3 is 0 Å². The van der Waals surface area contributed by atoms with Gasteiger partial charge in [0.1, 0.15) is 0 Å². The first-order chi connectivity index (χ1) is 13.7. The summed E-state index contributed by atoms with van der Waals surface area (Å²) in [6.07, 6.45) is 0. The zero-order valence-corrected chi connectivity index (χ0v) is 17.1. The van der Waals surface area contributed by atoms with Crippen LogP contribution in [0.25, 0.3) is 10.2 Å². The highest BCUT2D eigenvalue weighted by molar-refractivity contribution is 9.10. The molecule has 0 aliphatic heterocycles. The molecular formula is C21H17BrN4OS. The number of nitrogen functional groups attached to an aromatic ring is 1. The molecule has 28 heavy (non-hydrogen) atoms. The lowest BCUT2D eigenvalue weighted by molar-refractivity contribution is -0.116. The number of halogens is 1. The maximum Gasteiger partial charge on any atom is 0.236 e. The van der Waals surface area contributed by atoms with Gasteiger partial charge in [-0.05, 0) is 39.2 Å². The molecule has 4 rings (SSSR count). The summed E-state index contributed by atoms with van der Waals surface area (Å²) in [5.74, 6) is 4.97. The number of hydrogen-bond donors (Lipinski definition) is 3. The van der Waals surface area contributed by atoms with E-state index >= 15 is 0 Å². The van der Waals surface area contributed by atoms with Gasteiger partial charge < -0.3 is 5.32 Å². The zero-order valence-electron chi connectivity index (χ0n) is 14.7. The summed E-state index contributed by atoms with van der Waals surface area (Å²) in [5.41, 5.74) is 5.96. The van der Waals surface area contributed by atoms with Crippen LogP contribution in [-0.4, -0.2) is 10.9 Å². The minimum Gasteiger partial charge on any atom is -0.325 e. The van der Waals surface area contributed by atoms with Crippen molar-refractivity contribution in [1.29, 1.82) is 0 Å². The lowest BCUT2D eigenvalue weighted by Gasteiger charge is -2.18. The number of fused-ring (bicyclic) bond motifs is 1. The fourth-order valence-corrected chi connectivity index (χ4v) is 4.65. The molecule has 0 spiro atoms. The van der Waals surface area contributed by atoms with E-state index in [0.717, 1.165) is 25.8 Å². The van der Waals surface area contributed by atoms with Gasteiger partial charge in [-0.2, -0.15) is 0 Å². The van der Waals surface area contributed by atoms with Crippen LogP contribution in [0.3, 0.4) is 0 Å². The van der Waals surface area contributed by atoms with Gasteiger partial charge in [0.2, 0.25) is 5.91 Å². The second kappa shape index (κ2) is 8.10. The van der Waals surface area contributed by atoms with Crippen molar-refractivity contribution in [2.45, 2.75) is 5.92 Å². The predicted molar refractivity (Wildman–Crippen MR) is 118 cm³/mol. The maximum absolute atomic E-state index is 13.3. The van der Waals surface area contributed by atoms with Crippen LogP contribution in [0.1, 0.15) is 17.0 Å². The van der Waals surface area contributed by atoms with E-state index in [9.17, 15) is 4.79 Å². The highest BCUT2D eigenvalue weighted by Crippen LogP contribution is 2.34. The zero-order chi connectivity index (χ0) is 19.5. The lowest BCUT2D eigenvalue weighted by Crippen LogP contribution is -2.22. The Hall–Kier alpha value is -2.74. The number of benzene rings is 3. The third kappa shape index (κ3) is 3.77. The Morgan fingerprint density at radius 2 is 1.61 bits per heavy atom. The molecule has 0 fully saturated rings. The molecule has 0 aliphatic carbocycles. The summed E-state index contributed by atoms with van der Waals surface area (Å²) >= 11 is 4.96. The second-order valence-electron chi connectivity index (χ2n) is 6.21. The minimum atomic E-state index is -0.403. The number of carbonyl (C=O) groups is 1. The Kier molecular flexibility index (Phi) is 5.38. The third-order valence-corrected chi connectivity index (χ3v) is 5.91. The number of amides is 1.